The van der Waals surface area contributed by atoms with E-state index in [2.05, 4.69) is 40.1 Å². The minimum absolute atomic E-state index is 0.0575. The number of carbonyl (C=O) groups excluding carboxylic acids is 1. The molecule has 4 nitrogen and oxygen atoms in total. The van der Waals surface area contributed by atoms with Crippen LogP contribution in [0.15, 0.2) is 53.1 Å². The van der Waals surface area contributed by atoms with Crippen LogP contribution in [0.1, 0.15) is 25.0 Å². The Bertz CT molecular complexity index is 910. The van der Waals surface area contributed by atoms with Crippen LogP contribution in [0.5, 0.6) is 5.75 Å². The van der Waals surface area contributed by atoms with E-state index in [0.717, 1.165) is 45.0 Å². The SMILES string of the molecule is CCc1cc(Br)cc(CC)c1NC(=O)COc1cccc2cccnc12. The molecule has 134 valence electrons. The van der Waals surface area contributed by atoms with E-state index >= 15 is 0 Å². The summed E-state index contributed by atoms with van der Waals surface area (Å²) in [6.07, 6.45) is 3.41. The molecule has 5 heteroatoms. The predicted octanol–water partition coefficient (Wildman–Crippen LogP) is 5.14. The monoisotopic (exact) mass is 412 g/mol. The Morgan fingerprint density at radius 2 is 1.81 bits per heavy atom. The minimum atomic E-state index is -0.176. The highest BCUT2D eigenvalue weighted by Gasteiger charge is 2.13. The number of aryl methyl sites for hydroxylation is 2. The molecule has 0 atom stereocenters. The Labute approximate surface area is 161 Å². The lowest BCUT2D eigenvalue weighted by Crippen LogP contribution is -2.22. The van der Waals surface area contributed by atoms with Gasteiger partial charge in [0.25, 0.3) is 5.91 Å². The highest BCUT2D eigenvalue weighted by atomic mass is 79.9. The van der Waals surface area contributed by atoms with Crippen molar-refractivity contribution in [3.63, 3.8) is 0 Å². The molecule has 0 bridgehead atoms. The second-order valence-electron chi connectivity index (χ2n) is 5.97. The zero-order valence-corrected chi connectivity index (χ0v) is 16.5. The average Bonchev–Trinajstić information content (AvgIpc) is 2.67. The van der Waals surface area contributed by atoms with Gasteiger partial charge in [0.05, 0.1) is 0 Å². The van der Waals surface area contributed by atoms with Gasteiger partial charge in [0.2, 0.25) is 0 Å². The number of amides is 1. The molecule has 3 rings (SSSR count). The van der Waals surface area contributed by atoms with Gasteiger partial charge in [-0.05, 0) is 48.2 Å². The predicted molar refractivity (Wildman–Crippen MR) is 109 cm³/mol. The van der Waals surface area contributed by atoms with Gasteiger partial charge >= 0.3 is 0 Å². The zero-order chi connectivity index (χ0) is 18.5. The highest BCUT2D eigenvalue weighted by molar-refractivity contribution is 9.10. The molecular formula is C21H21BrN2O2. The van der Waals surface area contributed by atoms with Crippen molar-refractivity contribution in [3.05, 3.63) is 64.3 Å². The number of rotatable bonds is 6. The first kappa shape index (κ1) is 18.4. The summed E-state index contributed by atoms with van der Waals surface area (Å²) in [5.41, 5.74) is 3.87. The molecule has 0 aliphatic rings. The van der Waals surface area contributed by atoms with Crippen molar-refractivity contribution in [2.75, 3.05) is 11.9 Å². The lowest BCUT2D eigenvalue weighted by Gasteiger charge is -2.16. The van der Waals surface area contributed by atoms with Crippen LogP contribution >= 0.6 is 15.9 Å². The van der Waals surface area contributed by atoms with Crippen LogP contribution in [0, 0.1) is 0 Å². The number of aromatic nitrogens is 1. The van der Waals surface area contributed by atoms with Crippen molar-refractivity contribution in [1.29, 1.82) is 0 Å². The summed E-state index contributed by atoms with van der Waals surface area (Å²) in [4.78, 5) is 16.8. The maximum absolute atomic E-state index is 12.5. The summed E-state index contributed by atoms with van der Waals surface area (Å²) < 4.78 is 6.77. The van der Waals surface area contributed by atoms with Crippen molar-refractivity contribution < 1.29 is 9.53 Å². The fourth-order valence-corrected chi connectivity index (χ4v) is 3.51. The van der Waals surface area contributed by atoms with Gasteiger partial charge in [0.1, 0.15) is 11.3 Å². The molecule has 1 amide bonds. The first-order valence-electron chi connectivity index (χ1n) is 8.70. The summed E-state index contributed by atoms with van der Waals surface area (Å²) in [7, 11) is 0. The molecule has 0 spiro atoms. The van der Waals surface area contributed by atoms with Gasteiger partial charge in [-0.1, -0.05) is 48.0 Å². The number of anilines is 1. The Morgan fingerprint density at radius 3 is 2.50 bits per heavy atom. The Hall–Kier alpha value is -2.40. The van der Waals surface area contributed by atoms with Crippen LogP contribution in [0.25, 0.3) is 10.9 Å². The first-order valence-corrected chi connectivity index (χ1v) is 9.49. The van der Waals surface area contributed by atoms with E-state index in [-0.39, 0.29) is 12.5 Å². The Kier molecular flexibility index (Phi) is 5.89. The molecule has 0 unspecified atom stereocenters. The van der Waals surface area contributed by atoms with Crippen LogP contribution in [0.3, 0.4) is 0 Å². The lowest BCUT2D eigenvalue weighted by atomic mass is 10.0. The van der Waals surface area contributed by atoms with E-state index in [0.29, 0.717) is 5.75 Å². The molecule has 0 radical (unpaired) electrons. The first-order chi connectivity index (χ1) is 12.6. The molecule has 1 heterocycles. The van der Waals surface area contributed by atoms with Gasteiger partial charge in [-0.15, -0.1) is 0 Å². The molecule has 0 aliphatic carbocycles. The van der Waals surface area contributed by atoms with E-state index in [1.54, 1.807) is 6.20 Å². The molecular weight excluding hydrogens is 392 g/mol. The van der Waals surface area contributed by atoms with E-state index < -0.39 is 0 Å². The number of carbonyl (C=O) groups is 1. The third-order valence-corrected chi connectivity index (χ3v) is 4.70. The molecule has 26 heavy (non-hydrogen) atoms. The van der Waals surface area contributed by atoms with Gasteiger partial charge in [-0.3, -0.25) is 9.78 Å². The lowest BCUT2D eigenvalue weighted by molar-refractivity contribution is -0.118. The van der Waals surface area contributed by atoms with E-state index in [1.165, 1.54) is 0 Å². The molecule has 1 aromatic heterocycles. The number of benzene rings is 2. The van der Waals surface area contributed by atoms with Crippen LogP contribution in [0.2, 0.25) is 0 Å². The molecule has 2 aromatic carbocycles. The van der Waals surface area contributed by atoms with E-state index in [4.69, 9.17) is 4.74 Å². The van der Waals surface area contributed by atoms with Crippen molar-refractivity contribution in [1.82, 2.24) is 4.98 Å². The van der Waals surface area contributed by atoms with Gasteiger partial charge in [-0.25, -0.2) is 0 Å². The number of ether oxygens (including phenoxy) is 1. The maximum Gasteiger partial charge on any atom is 0.262 e. The fraction of sp³-hybridized carbons (Fsp3) is 0.238. The van der Waals surface area contributed by atoms with Crippen LogP contribution in [-0.4, -0.2) is 17.5 Å². The largest absolute Gasteiger partial charge is 0.481 e. The highest BCUT2D eigenvalue weighted by Crippen LogP contribution is 2.28. The van der Waals surface area contributed by atoms with Gasteiger partial charge in [0.15, 0.2) is 6.61 Å². The van der Waals surface area contributed by atoms with Crippen molar-refractivity contribution in [3.8, 4) is 5.75 Å². The third-order valence-electron chi connectivity index (χ3n) is 4.25. The molecule has 0 fully saturated rings. The topological polar surface area (TPSA) is 51.2 Å². The minimum Gasteiger partial charge on any atom is -0.481 e. The number of pyridine rings is 1. The average molecular weight is 413 g/mol. The fourth-order valence-electron chi connectivity index (χ4n) is 2.95. The van der Waals surface area contributed by atoms with Crippen molar-refractivity contribution >= 4 is 38.4 Å². The number of hydrogen-bond acceptors (Lipinski definition) is 3. The molecule has 0 saturated heterocycles. The number of hydrogen-bond donors (Lipinski definition) is 1. The number of nitrogens with one attached hydrogen (secondary N) is 1. The normalized spacial score (nSPS) is 10.7. The van der Waals surface area contributed by atoms with Crippen LogP contribution in [0.4, 0.5) is 5.69 Å². The molecule has 0 aliphatic heterocycles. The summed E-state index contributed by atoms with van der Waals surface area (Å²) in [6.45, 7) is 4.10. The zero-order valence-electron chi connectivity index (χ0n) is 14.9. The summed E-state index contributed by atoms with van der Waals surface area (Å²) >= 11 is 3.53. The van der Waals surface area contributed by atoms with E-state index in [1.807, 2.05) is 42.5 Å². The second kappa shape index (κ2) is 8.32. The third kappa shape index (κ3) is 4.05. The quantitative estimate of drug-likeness (QED) is 0.609. The van der Waals surface area contributed by atoms with E-state index in [9.17, 15) is 4.79 Å². The van der Waals surface area contributed by atoms with Gasteiger partial charge < -0.3 is 10.1 Å². The standard InChI is InChI=1S/C21H21BrN2O2/c1-3-14-11-17(22)12-15(4-2)20(14)24-19(25)13-26-18-9-5-7-16-8-6-10-23-21(16)18/h5-12H,3-4,13H2,1-2H3,(H,24,25). The van der Waals surface area contributed by atoms with Crippen molar-refractivity contribution in [2.45, 2.75) is 26.7 Å². The van der Waals surface area contributed by atoms with Crippen molar-refractivity contribution in [2.24, 2.45) is 0 Å². The Morgan fingerprint density at radius 1 is 1.12 bits per heavy atom. The number of fused-ring (bicyclic) bond motifs is 1. The van der Waals surface area contributed by atoms with Crippen LogP contribution in [-0.2, 0) is 17.6 Å². The van der Waals surface area contributed by atoms with Gasteiger partial charge in [-0.2, -0.15) is 0 Å². The maximum atomic E-state index is 12.5. The smallest absolute Gasteiger partial charge is 0.262 e. The second-order valence-corrected chi connectivity index (χ2v) is 6.89. The van der Waals surface area contributed by atoms with Gasteiger partial charge in [0, 0.05) is 21.7 Å². The molecule has 1 N–H and O–H groups in total. The summed E-state index contributed by atoms with van der Waals surface area (Å²) in [6, 6.07) is 13.6. The van der Waals surface area contributed by atoms with Crippen LogP contribution < -0.4 is 10.1 Å². The Balaban J connectivity index is 1.75. The number of para-hydroxylation sites is 1. The number of halogens is 1. The summed E-state index contributed by atoms with van der Waals surface area (Å²) in [5, 5.41) is 4.01. The number of nitrogens with zero attached hydrogens (tertiary/aromatic N) is 1. The molecule has 3 aromatic rings. The molecule has 0 saturated carbocycles. The summed E-state index contributed by atoms with van der Waals surface area (Å²) in [5.74, 6) is 0.435.